The van der Waals surface area contributed by atoms with Gasteiger partial charge in [0.1, 0.15) is 0 Å². The first kappa shape index (κ1) is 19.4. The van der Waals surface area contributed by atoms with Gasteiger partial charge in [-0.1, -0.05) is 56.8 Å². The molecule has 2 atom stereocenters. The highest BCUT2D eigenvalue weighted by atomic mass is 35.5. The Bertz CT molecular complexity index is 740. The third-order valence-electron chi connectivity index (χ3n) is 4.26. The standard InChI is InChI=1S/C21H25ClN2O/c1-5-16-17(21(25)19(7-3)23-8-4)13-20(24-18(16)6-2)14-9-11-15(22)12-10-14/h5-6,9-13,19,21,23,25H,1-2,7-8H2,3-4H3. The summed E-state index contributed by atoms with van der Waals surface area (Å²) in [4.78, 5) is 4.67. The lowest BCUT2D eigenvalue weighted by Gasteiger charge is -2.25. The molecule has 0 saturated carbocycles. The van der Waals surface area contributed by atoms with E-state index < -0.39 is 6.10 Å². The molecule has 2 aromatic rings. The lowest BCUT2D eigenvalue weighted by Crippen LogP contribution is -2.34. The summed E-state index contributed by atoms with van der Waals surface area (Å²) in [6, 6.07) is 9.39. The molecule has 2 N–H and O–H groups in total. The Hall–Kier alpha value is -1.94. The zero-order chi connectivity index (χ0) is 18.4. The minimum Gasteiger partial charge on any atom is -0.387 e. The fourth-order valence-electron chi connectivity index (χ4n) is 2.94. The maximum absolute atomic E-state index is 11.0. The summed E-state index contributed by atoms with van der Waals surface area (Å²) < 4.78 is 0. The van der Waals surface area contributed by atoms with Gasteiger partial charge in [-0.25, -0.2) is 4.98 Å². The van der Waals surface area contributed by atoms with E-state index in [1.165, 1.54) is 0 Å². The highest BCUT2D eigenvalue weighted by Crippen LogP contribution is 2.31. The molecule has 2 rings (SSSR count). The van der Waals surface area contributed by atoms with E-state index in [1.807, 2.05) is 37.3 Å². The Labute approximate surface area is 155 Å². The smallest absolute Gasteiger partial charge is 0.0950 e. The van der Waals surface area contributed by atoms with E-state index in [9.17, 15) is 5.11 Å². The van der Waals surface area contributed by atoms with Crippen molar-refractivity contribution in [2.75, 3.05) is 6.54 Å². The van der Waals surface area contributed by atoms with Crippen LogP contribution >= 0.6 is 11.6 Å². The summed E-state index contributed by atoms with van der Waals surface area (Å²) in [6.45, 7) is 12.6. The number of halogens is 1. The quantitative estimate of drug-likeness (QED) is 0.690. The van der Waals surface area contributed by atoms with Crippen LogP contribution in [0.5, 0.6) is 0 Å². The van der Waals surface area contributed by atoms with Crippen LogP contribution in [0.15, 0.2) is 43.5 Å². The first-order valence-corrected chi connectivity index (χ1v) is 8.90. The van der Waals surface area contributed by atoms with Gasteiger partial charge < -0.3 is 10.4 Å². The van der Waals surface area contributed by atoms with Gasteiger partial charge in [-0.15, -0.1) is 0 Å². The molecule has 0 aliphatic carbocycles. The summed E-state index contributed by atoms with van der Waals surface area (Å²) in [5, 5.41) is 15.0. The fourth-order valence-corrected chi connectivity index (χ4v) is 3.07. The van der Waals surface area contributed by atoms with Crippen molar-refractivity contribution in [3.63, 3.8) is 0 Å². The zero-order valence-electron chi connectivity index (χ0n) is 14.8. The summed E-state index contributed by atoms with van der Waals surface area (Å²) in [7, 11) is 0. The van der Waals surface area contributed by atoms with E-state index in [4.69, 9.17) is 11.6 Å². The van der Waals surface area contributed by atoms with Crippen molar-refractivity contribution in [3.05, 3.63) is 65.3 Å². The maximum atomic E-state index is 11.0. The van der Waals surface area contributed by atoms with Crippen LogP contribution in [-0.4, -0.2) is 22.7 Å². The van der Waals surface area contributed by atoms with Crippen molar-refractivity contribution >= 4 is 23.8 Å². The minimum atomic E-state index is -0.661. The van der Waals surface area contributed by atoms with Crippen LogP contribution in [-0.2, 0) is 0 Å². The van der Waals surface area contributed by atoms with Crippen LogP contribution in [0.25, 0.3) is 23.4 Å². The van der Waals surface area contributed by atoms with Gasteiger partial charge in [-0.2, -0.15) is 0 Å². The predicted molar refractivity (Wildman–Crippen MR) is 108 cm³/mol. The molecule has 0 saturated heterocycles. The second-order valence-corrected chi connectivity index (χ2v) is 6.26. The number of pyridine rings is 1. The monoisotopic (exact) mass is 356 g/mol. The number of nitrogens with zero attached hydrogens (tertiary/aromatic N) is 1. The van der Waals surface area contributed by atoms with Crippen LogP contribution in [0.4, 0.5) is 0 Å². The van der Waals surface area contributed by atoms with Crippen molar-refractivity contribution in [2.45, 2.75) is 32.4 Å². The van der Waals surface area contributed by atoms with Gasteiger partial charge in [-0.3, -0.25) is 0 Å². The van der Waals surface area contributed by atoms with Gasteiger partial charge >= 0.3 is 0 Å². The Kier molecular flexibility index (Phi) is 6.94. The number of hydrogen-bond donors (Lipinski definition) is 2. The number of aliphatic hydroxyl groups excluding tert-OH is 1. The van der Waals surface area contributed by atoms with E-state index in [-0.39, 0.29) is 6.04 Å². The first-order valence-electron chi connectivity index (χ1n) is 8.52. The number of rotatable bonds is 8. The number of hydrogen-bond acceptors (Lipinski definition) is 3. The average Bonchev–Trinajstić information content (AvgIpc) is 2.64. The molecule has 0 fully saturated rings. The molecule has 1 aromatic heterocycles. The highest BCUT2D eigenvalue weighted by Gasteiger charge is 2.23. The largest absolute Gasteiger partial charge is 0.387 e. The minimum absolute atomic E-state index is 0.0400. The van der Waals surface area contributed by atoms with Crippen LogP contribution in [0.3, 0.4) is 0 Å². The van der Waals surface area contributed by atoms with Crippen molar-refractivity contribution in [3.8, 4) is 11.3 Å². The van der Waals surface area contributed by atoms with Gasteiger partial charge in [0.25, 0.3) is 0 Å². The molecule has 25 heavy (non-hydrogen) atoms. The van der Waals surface area contributed by atoms with E-state index >= 15 is 0 Å². The van der Waals surface area contributed by atoms with Crippen molar-refractivity contribution < 1.29 is 5.11 Å². The summed E-state index contributed by atoms with van der Waals surface area (Å²) in [5.41, 5.74) is 4.04. The molecule has 0 radical (unpaired) electrons. The molecule has 0 aliphatic heterocycles. The van der Waals surface area contributed by atoms with Gasteiger partial charge in [0.05, 0.1) is 17.5 Å². The molecule has 2 unspecified atom stereocenters. The van der Waals surface area contributed by atoms with Crippen molar-refractivity contribution in [2.24, 2.45) is 0 Å². The van der Waals surface area contributed by atoms with Gasteiger partial charge in [-0.05, 0) is 42.8 Å². The van der Waals surface area contributed by atoms with Crippen molar-refractivity contribution in [1.82, 2.24) is 10.3 Å². The van der Waals surface area contributed by atoms with E-state index in [0.717, 1.165) is 35.3 Å². The van der Waals surface area contributed by atoms with E-state index in [0.29, 0.717) is 10.7 Å². The zero-order valence-corrected chi connectivity index (χ0v) is 15.6. The lowest BCUT2D eigenvalue weighted by molar-refractivity contribution is 0.127. The highest BCUT2D eigenvalue weighted by molar-refractivity contribution is 6.30. The molecular formula is C21H25ClN2O. The van der Waals surface area contributed by atoms with Gasteiger partial charge in [0.2, 0.25) is 0 Å². The number of nitrogens with one attached hydrogen (secondary N) is 1. The summed E-state index contributed by atoms with van der Waals surface area (Å²) >= 11 is 5.98. The second-order valence-electron chi connectivity index (χ2n) is 5.83. The summed E-state index contributed by atoms with van der Waals surface area (Å²) in [6.07, 6.45) is 3.58. The molecule has 0 spiro atoms. The third-order valence-corrected chi connectivity index (χ3v) is 4.52. The Morgan fingerprint density at radius 1 is 1.20 bits per heavy atom. The molecule has 3 nitrogen and oxygen atoms in total. The molecule has 4 heteroatoms. The first-order chi connectivity index (χ1) is 12.0. The predicted octanol–water partition coefficient (Wildman–Crippen LogP) is 5.11. The van der Waals surface area contributed by atoms with Crippen molar-refractivity contribution in [1.29, 1.82) is 0 Å². The van der Waals surface area contributed by atoms with Crippen LogP contribution in [0, 0.1) is 0 Å². The Morgan fingerprint density at radius 3 is 2.40 bits per heavy atom. The second kappa shape index (κ2) is 8.95. The SMILES string of the molecule is C=Cc1nc(-c2ccc(Cl)cc2)cc(C(O)C(CC)NCC)c1C=C. The third kappa shape index (κ3) is 4.37. The number of benzene rings is 1. The summed E-state index contributed by atoms with van der Waals surface area (Å²) in [5.74, 6) is 0. The van der Waals surface area contributed by atoms with Crippen LogP contribution < -0.4 is 5.32 Å². The molecule has 0 bridgehead atoms. The van der Waals surface area contributed by atoms with E-state index in [2.05, 4.69) is 30.4 Å². The Balaban J connectivity index is 2.60. The lowest BCUT2D eigenvalue weighted by atomic mass is 9.93. The van der Waals surface area contributed by atoms with Crippen LogP contribution in [0.1, 0.15) is 43.2 Å². The fraction of sp³-hybridized carbons (Fsp3) is 0.286. The molecular weight excluding hydrogens is 332 g/mol. The molecule has 0 amide bonds. The molecule has 132 valence electrons. The van der Waals surface area contributed by atoms with E-state index in [1.54, 1.807) is 12.2 Å². The molecule has 0 aliphatic rings. The number of aliphatic hydroxyl groups is 1. The van der Waals surface area contributed by atoms with Gasteiger partial charge in [0, 0.05) is 22.2 Å². The topological polar surface area (TPSA) is 45.2 Å². The number of aromatic nitrogens is 1. The molecule has 1 aromatic carbocycles. The average molecular weight is 357 g/mol. The molecule has 1 heterocycles. The number of likely N-dealkylation sites (N-methyl/N-ethyl adjacent to an activating group) is 1. The van der Waals surface area contributed by atoms with Crippen LogP contribution in [0.2, 0.25) is 5.02 Å². The maximum Gasteiger partial charge on any atom is 0.0950 e. The Morgan fingerprint density at radius 2 is 1.88 bits per heavy atom. The van der Waals surface area contributed by atoms with Gasteiger partial charge in [0.15, 0.2) is 0 Å². The normalized spacial score (nSPS) is 13.3.